The van der Waals surface area contributed by atoms with Gasteiger partial charge in [0, 0.05) is 27.5 Å². The highest BCUT2D eigenvalue weighted by molar-refractivity contribution is 6.13. The van der Waals surface area contributed by atoms with Gasteiger partial charge in [-0.3, -0.25) is 0 Å². The Labute approximate surface area is 429 Å². The standard InChI is InChI=1S/C70H45N3O/c1-5-19-46(20-6-1)50-23-17-24-53(43-50)67-71-68(59-31-14-13-29-56(59)49-21-7-2-8-22-49)73-69(72-67)60-32-18-34-65-66(60)61-44-51(40-42-64(61)74-65)47-35-37-48(38-36-47)52-39-41-58-57-30-15-16-33-62(57)70(63(58)45-52,54-25-9-3-10-26-54)55-27-11-4-12-28-55/h1-45H. The Bertz CT molecular complexity index is 4180. The van der Waals surface area contributed by atoms with Crippen molar-refractivity contribution in [2.75, 3.05) is 0 Å². The number of aromatic nitrogens is 3. The Hall–Kier alpha value is -9.77. The van der Waals surface area contributed by atoms with E-state index in [9.17, 15) is 0 Å². The van der Waals surface area contributed by atoms with Crippen molar-refractivity contribution in [3.8, 4) is 89.8 Å². The molecule has 0 unspecified atom stereocenters. The number of nitrogens with zero attached hydrogens (tertiary/aromatic N) is 3. The Balaban J connectivity index is 0.876. The molecular formula is C70H45N3O. The molecule has 0 atom stereocenters. The van der Waals surface area contributed by atoms with Gasteiger partial charge >= 0.3 is 0 Å². The minimum absolute atomic E-state index is 0.462. The molecule has 0 N–H and O–H groups in total. The first kappa shape index (κ1) is 43.1. The van der Waals surface area contributed by atoms with Gasteiger partial charge in [0.25, 0.3) is 0 Å². The van der Waals surface area contributed by atoms with Crippen molar-refractivity contribution in [2.45, 2.75) is 5.41 Å². The second kappa shape index (κ2) is 17.8. The van der Waals surface area contributed by atoms with Crippen LogP contribution in [0.3, 0.4) is 0 Å². The summed E-state index contributed by atoms with van der Waals surface area (Å²) in [6.07, 6.45) is 0. The first-order valence-corrected chi connectivity index (χ1v) is 25.2. The summed E-state index contributed by atoms with van der Waals surface area (Å²) in [7, 11) is 0. The minimum atomic E-state index is -0.462. The highest BCUT2D eigenvalue weighted by atomic mass is 16.3. The second-order valence-electron chi connectivity index (χ2n) is 19.0. The molecule has 2 heterocycles. The summed E-state index contributed by atoms with van der Waals surface area (Å²) < 4.78 is 6.62. The van der Waals surface area contributed by atoms with Gasteiger partial charge in [-0.15, -0.1) is 0 Å². The zero-order valence-electron chi connectivity index (χ0n) is 40.2. The molecule has 0 spiro atoms. The van der Waals surface area contributed by atoms with E-state index in [1.165, 1.54) is 38.9 Å². The average molecular weight is 944 g/mol. The van der Waals surface area contributed by atoms with E-state index in [1.807, 2.05) is 30.3 Å². The summed E-state index contributed by atoms with van der Waals surface area (Å²) in [6.45, 7) is 0. The van der Waals surface area contributed by atoms with Crippen LogP contribution in [0.2, 0.25) is 0 Å². The van der Waals surface area contributed by atoms with Crippen LogP contribution in [0.25, 0.3) is 112 Å². The number of fused-ring (bicyclic) bond motifs is 6. The summed E-state index contributed by atoms with van der Waals surface area (Å²) in [4.78, 5) is 15.9. The molecule has 1 aliphatic carbocycles. The lowest BCUT2D eigenvalue weighted by molar-refractivity contribution is 0.669. The number of hydrogen-bond donors (Lipinski definition) is 0. The van der Waals surface area contributed by atoms with Crippen molar-refractivity contribution in [2.24, 2.45) is 0 Å². The van der Waals surface area contributed by atoms with Crippen LogP contribution in [0.5, 0.6) is 0 Å². The van der Waals surface area contributed by atoms with Gasteiger partial charge < -0.3 is 4.42 Å². The molecule has 1 aliphatic rings. The van der Waals surface area contributed by atoms with Crippen molar-refractivity contribution in [1.29, 1.82) is 0 Å². The third-order valence-electron chi connectivity index (χ3n) is 14.9. The van der Waals surface area contributed by atoms with Gasteiger partial charge in [-0.25, -0.2) is 15.0 Å². The molecule has 4 nitrogen and oxygen atoms in total. The van der Waals surface area contributed by atoms with Crippen LogP contribution in [-0.4, -0.2) is 15.0 Å². The van der Waals surface area contributed by atoms with E-state index in [1.54, 1.807) is 0 Å². The quantitative estimate of drug-likeness (QED) is 0.145. The molecule has 346 valence electrons. The van der Waals surface area contributed by atoms with Gasteiger partial charge in [0.15, 0.2) is 17.5 Å². The van der Waals surface area contributed by atoms with Gasteiger partial charge in [-0.2, -0.15) is 0 Å². The molecule has 0 saturated carbocycles. The fourth-order valence-corrected chi connectivity index (χ4v) is 11.4. The highest BCUT2D eigenvalue weighted by Crippen LogP contribution is 2.56. The van der Waals surface area contributed by atoms with Gasteiger partial charge in [0.1, 0.15) is 11.2 Å². The SMILES string of the molecule is c1ccc(-c2cccc(-c3nc(-c4ccccc4-c4ccccc4)nc(-c4cccc5oc6ccc(-c7ccc(-c8ccc9c(c8)C(c8ccccc8)(c8ccccc8)c8ccccc8-9)cc7)cc6c45)n3)c2)cc1. The summed E-state index contributed by atoms with van der Waals surface area (Å²) in [5.41, 5.74) is 20.4. The monoisotopic (exact) mass is 943 g/mol. The first-order chi connectivity index (χ1) is 36.7. The van der Waals surface area contributed by atoms with Crippen LogP contribution >= 0.6 is 0 Å². The Kier molecular flexibility index (Phi) is 10.4. The van der Waals surface area contributed by atoms with Crippen LogP contribution in [0.15, 0.2) is 277 Å². The zero-order chi connectivity index (χ0) is 49.0. The molecule has 0 radical (unpaired) electrons. The molecule has 0 amide bonds. The zero-order valence-corrected chi connectivity index (χ0v) is 40.2. The summed E-state index contributed by atoms with van der Waals surface area (Å²) >= 11 is 0. The third-order valence-corrected chi connectivity index (χ3v) is 14.9. The van der Waals surface area contributed by atoms with Crippen LogP contribution in [0, 0.1) is 0 Å². The van der Waals surface area contributed by atoms with E-state index in [0.717, 1.165) is 77.6 Å². The number of hydrogen-bond acceptors (Lipinski definition) is 4. The maximum Gasteiger partial charge on any atom is 0.164 e. The predicted molar refractivity (Wildman–Crippen MR) is 302 cm³/mol. The molecule has 4 heteroatoms. The average Bonchev–Trinajstić information content (AvgIpc) is 4.09. The normalized spacial score (nSPS) is 12.4. The van der Waals surface area contributed by atoms with E-state index in [4.69, 9.17) is 19.4 Å². The van der Waals surface area contributed by atoms with E-state index < -0.39 is 5.41 Å². The lowest BCUT2D eigenvalue weighted by Gasteiger charge is -2.34. The topological polar surface area (TPSA) is 51.8 Å². The first-order valence-electron chi connectivity index (χ1n) is 25.2. The van der Waals surface area contributed by atoms with Crippen LogP contribution in [-0.2, 0) is 5.41 Å². The molecule has 11 aromatic carbocycles. The van der Waals surface area contributed by atoms with Gasteiger partial charge in [-0.05, 0) is 108 Å². The van der Waals surface area contributed by atoms with E-state index in [0.29, 0.717) is 17.5 Å². The van der Waals surface area contributed by atoms with Crippen LogP contribution in [0.4, 0.5) is 0 Å². The second-order valence-corrected chi connectivity index (χ2v) is 19.0. The fourth-order valence-electron chi connectivity index (χ4n) is 11.4. The van der Waals surface area contributed by atoms with Crippen molar-refractivity contribution < 1.29 is 4.42 Å². The Morgan fingerprint density at radius 2 is 0.716 bits per heavy atom. The highest BCUT2D eigenvalue weighted by Gasteiger charge is 2.46. The van der Waals surface area contributed by atoms with E-state index >= 15 is 0 Å². The molecule has 0 saturated heterocycles. The maximum atomic E-state index is 6.62. The fraction of sp³-hybridized carbons (Fsp3) is 0.0143. The van der Waals surface area contributed by atoms with Crippen molar-refractivity contribution in [1.82, 2.24) is 15.0 Å². The van der Waals surface area contributed by atoms with E-state index in [-0.39, 0.29) is 0 Å². The van der Waals surface area contributed by atoms with E-state index in [2.05, 4.69) is 243 Å². The smallest absolute Gasteiger partial charge is 0.164 e. The molecule has 0 fully saturated rings. The van der Waals surface area contributed by atoms with Crippen LogP contribution in [0.1, 0.15) is 22.3 Å². The third kappa shape index (κ3) is 7.18. The Morgan fingerprint density at radius 3 is 1.42 bits per heavy atom. The summed E-state index contributed by atoms with van der Waals surface area (Å²) in [6, 6.07) is 97.2. The molecule has 0 aliphatic heterocycles. The maximum absolute atomic E-state index is 6.62. The lowest BCUT2D eigenvalue weighted by atomic mass is 9.67. The summed E-state index contributed by atoms with van der Waals surface area (Å²) in [5, 5.41) is 1.95. The number of benzene rings is 11. The minimum Gasteiger partial charge on any atom is -0.456 e. The van der Waals surface area contributed by atoms with Crippen molar-refractivity contribution in [3.05, 3.63) is 295 Å². The van der Waals surface area contributed by atoms with Crippen molar-refractivity contribution in [3.63, 3.8) is 0 Å². The van der Waals surface area contributed by atoms with Gasteiger partial charge in [0.05, 0.1) is 5.41 Å². The summed E-state index contributed by atoms with van der Waals surface area (Å²) in [5.74, 6) is 1.76. The molecule has 13 aromatic rings. The molecule has 74 heavy (non-hydrogen) atoms. The predicted octanol–water partition coefficient (Wildman–Crippen LogP) is 17.8. The number of furan rings is 1. The number of rotatable bonds is 9. The molecule has 2 aromatic heterocycles. The van der Waals surface area contributed by atoms with Gasteiger partial charge in [-0.1, -0.05) is 243 Å². The van der Waals surface area contributed by atoms with Crippen LogP contribution < -0.4 is 0 Å². The molecule has 14 rings (SSSR count). The van der Waals surface area contributed by atoms with Crippen molar-refractivity contribution >= 4 is 21.9 Å². The lowest BCUT2D eigenvalue weighted by Crippen LogP contribution is -2.28. The largest absolute Gasteiger partial charge is 0.456 e. The molecule has 0 bridgehead atoms. The molecular weight excluding hydrogens is 899 g/mol. The van der Waals surface area contributed by atoms with Gasteiger partial charge in [0.2, 0.25) is 0 Å². The Morgan fingerprint density at radius 1 is 0.257 bits per heavy atom.